The van der Waals surface area contributed by atoms with Crippen molar-refractivity contribution in [1.82, 2.24) is 20.5 Å². The van der Waals surface area contributed by atoms with E-state index in [9.17, 15) is 0 Å². The largest absolute Gasteiger partial charge is 0.369 e. The van der Waals surface area contributed by atoms with Gasteiger partial charge in [0, 0.05) is 61.6 Å². The first-order chi connectivity index (χ1) is 13.6. The van der Waals surface area contributed by atoms with Crippen LogP contribution in [0.5, 0.6) is 0 Å². The normalized spacial score (nSPS) is 15.7. The molecule has 0 saturated carbocycles. The molecule has 2 heterocycles. The Morgan fingerprint density at radius 1 is 1.25 bits per heavy atom. The van der Waals surface area contributed by atoms with Crippen LogP contribution in [-0.2, 0) is 6.54 Å². The van der Waals surface area contributed by atoms with Crippen LogP contribution in [0.2, 0.25) is 5.02 Å². The van der Waals surface area contributed by atoms with Crippen LogP contribution in [-0.4, -0.2) is 62.2 Å². The zero-order chi connectivity index (χ0) is 19.8. The summed E-state index contributed by atoms with van der Waals surface area (Å²) in [6.45, 7) is 9.05. The van der Waals surface area contributed by atoms with Gasteiger partial charge in [-0.05, 0) is 38.1 Å². The van der Waals surface area contributed by atoms with E-state index in [0.29, 0.717) is 6.54 Å². The van der Waals surface area contributed by atoms with E-state index in [-0.39, 0.29) is 0 Å². The molecular weight excluding hydrogens is 392 g/mol. The van der Waals surface area contributed by atoms with Crippen LogP contribution in [0.25, 0.3) is 0 Å². The summed E-state index contributed by atoms with van der Waals surface area (Å²) < 4.78 is 0. The Morgan fingerprint density at radius 3 is 2.75 bits per heavy atom. The molecule has 0 spiro atoms. The lowest BCUT2D eigenvalue weighted by Crippen LogP contribution is -2.47. The van der Waals surface area contributed by atoms with E-state index in [2.05, 4.69) is 43.4 Å². The van der Waals surface area contributed by atoms with Gasteiger partial charge in [-0.2, -0.15) is 0 Å². The number of anilines is 1. The van der Waals surface area contributed by atoms with Gasteiger partial charge in [-0.15, -0.1) is 11.3 Å². The highest BCUT2D eigenvalue weighted by molar-refractivity contribution is 7.11. The van der Waals surface area contributed by atoms with Gasteiger partial charge in [-0.3, -0.25) is 9.89 Å². The van der Waals surface area contributed by atoms with Gasteiger partial charge < -0.3 is 15.5 Å². The number of aromatic nitrogens is 1. The lowest BCUT2D eigenvalue weighted by atomic mass is 10.2. The van der Waals surface area contributed by atoms with Gasteiger partial charge in [0.15, 0.2) is 5.96 Å². The second-order valence-electron chi connectivity index (χ2n) is 6.88. The maximum Gasteiger partial charge on any atom is 0.191 e. The molecule has 1 fully saturated rings. The number of thiazole rings is 1. The monoisotopic (exact) mass is 420 g/mol. The van der Waals surface area contributed by atoms with Crippen LogP contribution in [0, 0.1) is 6.92 Å². The molecule has 8 heteroatoms. The van der Waals surface area contributed by atoms with Crippen molar-refractivity contribution in [2.75, 3.05) is 51.2 Å². The molecular formula is C20H29ClN6S. The molecule has 0 amide bonds. The van der Waals surface area contributed by atoms with Gasteiger partial charge in [-0.1, -0.05) is 17.7 Å². The molecule has 0 atom stereocenters. The highest BCUT2D eigenvalue weighted by Gasteiger charge is 2.16. The molecule has 0 bridgehead atoms. The van der Waals surface area contributed by atoms with Crippen LogP contribution in [0.3, 0.4) is 0 Å². The van der Waals surface area contributed by atoms with Crippen molar-refractivity contribution in [3.05, 3.63) is 45.4 Å². The van der Waals surface area contributed by atoms with Crippen LogP contribution in [0.1, 0.15) is 16.3 Å². The summed E-state index contributed by atoms with van der Waals surface area (Å²) in [5.74, 6) is 0.832. The van der Waals surface area contributed by atoms with E-state index in [1.54, 1.807) is 18.4 Å². The van der Waals surface area contributed by atoms with Gasteiger partial charge in [0.1, 0.15) is 5.01 Å². The van der Waals surface area contributed by atoms with Crippen molar-refractivity contribution in [2.45, 2.75) is 19.9 Å². The summed E-state index contributed by atoms with van der Waals surface area (Å²) in [5, 5.41) is 8.60. The zero-order valence-electron chi connectivity index (χ0n) is 16.6. The Bertz CT molecular complexity index is 770. The Kier molecular flexibility index (Phi) is 7.94. The Morgan fingerprint density at radius 2 is 2.07 bits per heavy atom. The van der Waals surface area contributed by atoms with E-state index in [1.807, 2.05) is 24.4 Å². The summed E-state index contributed by atoms with van der Waals surface area (Å²) in [6.07, 6.45) is 3.00. The third-order valence-electron chi connectivity index (χ3n) is 4.79. The fourth-order valence-electron chi connectivity index (χ4n) is 3.28. The highest BCUT2D eigenvalue weighted by Crippen LogP contribution is 2.20. The molecule has 3 rings (SSSR count). The van der Waals surface area contributed by atoms with E-state index in [0.717, 1.165) is 61.7 Å². The van der Waals surface area contributed by atoms with Gasteiger partial charge in [0.25, 0.3) is 0 Å². The molecule has 28 heavy (non-hydrogen) atoms. The summed E-state index contributed by atoms with van der Waals surface area (Å²) in [5.41, 5.74) is 1.22. The number of piperazine rings is 1. The Balaban J connectivity index is 1.31. The van der Waals surface area contributed by atoms with Gasteiger partial charge in [0.2, 0.25) is 0 Å². The first-order valence-corrected chi connectivity index (χ1v) is 10.9. The minimum Gasteiger partial charge on any atom is -0.369 e. The lowest BCUT2D eigenvalue weighted by molar-refractivity contribution is 0.255. The van der Waals surface area contributed by atoms with Gasteiger partial charge >= 0.3 is 0 Å². The molecule has 1 aromatic heterocycles. The van der Waals surface area contributed by atoms with Crippen LogP contribution in [0.15, 0.2) is 35.5 Å². The summed E-state index contributed by atoms with van der Waals surface area (Å²) in [7, 11) is 1.80. The van der Waals surface area contributed by atoms with Crippen molar-refractivity contribution >= 4 is 34.6 Å². The average Bonchev–Trinajstić information content (AvgIpc) is 3.13. The molecule has 6 nitrogen and oxygen atoms in total. The number of aliphatic imine (C=N–C) groups is 1. The lowest BCUT2D eigenvalue weighted by Gasteiger charge is -2.36. The van der Waals surface area contributed by atoms with E-state index < -0.39 is 0 Å². The molecule has 1 saturated heterocycles. The number of halogens is 1. The molecule has 1 aliphatic rings. The minimum atomic E-state index is 0.712. The van der Waals surface area contributed by atoms with E-state index in [1.165, 1.54) is 10.6 Å². The third-order valence-corrected chi connectivity index (χ3v) is 5.94. The number of hydrogen-bond donors (Lipinski definition) is 2. The predicted molar refractivity (Wildman–Crippen MR) is 120 cm³/mol. The number of nitrogens with one attached hydrogen (secondary N) is 2. The zero-order valence-corrected chi connectivity index (χ0v) is 18.2. The van der Waals surface area contributed by atoms with Crippen molar-refractivity contribution < 1.29 is 0 Å². The Hall–Kier alpha value is -1.83. The average molecular weight is 421 g/mol. The molecule has 1 aliphatic heterocycles. The fraction of sp³-hybridized carbons (Fsp3) is 0.500. The summed E-state index contributed by atoms with van der Waals surface area (Å²) >= 11 is 7.82. The molecule has 0 unspecified atom stereocenters. The van der Waals surface area contributed by atoms with Crippen molar-refractivity contribution in [2.24, 2.45) is 4.99 Å². The van der Waals surface area contributed by atoms with Crippen molar-refractivity contribution in [1.29, 1.82) is 0 Å². The molecule has 1 aromatic carbocycles. The SMILES string of the molecule is CN=C(NCCCN1CCN(c2cccc(Cl)c2)CC1)NCc1ncc(C)s1. The Labute approximate surface area is 176 Å². The highest BCUT2D eigenvalue weighted by atomic mass is 35.5. The second-order valence-corrected chi connectivity index (χ2v) is 8.64. The van der Waals surface area contributed by atoms with Crippen molar-refractivity contribution in [3.8, 4) is 0 Å². The molecule has 0 radical (unpaired) electrons. The second kappa shape index (κ2) is 10.6. The summed E-state index contributed by atoms with van der Waals surface area (Å²) in [6, 6.07) is 8.13. The number of hydrogen-bond acceptors (Lipinski definition) is 5. The molecule has 152 valence electrons. The quantitative estimate of drug-likeness (QED) is 0.409. The van der Waals surface area contributed by atoms with Crippen LogP contribution < -0.4 is 15.5 Å². The first kappa shape index (κ1) is 20.9. The number of nitrogens with zero attached hydrogens (tertiary/aromatic N) is 4. The molecule has 2 N–H and O–H groups in total. The standard InChI is InChI=1S/C20H29ClN6S/c1-16-14-24-19(28-16)15-25-20(22-2)23-7-4-8-26-9-11-27(12-10-26)18-6-3-5-17(21)13-18/h3,5-6,13-14H,4,7-12,15H2,1-2H3,(H2,22,23,25). The number of aryl methyl sites for hydroxylation is 1. The van der Waals surface area contributed by atoms with Gasteiger partial charge in [0.05, 0.1) is 6.54 Å². The van der Waals surface area contributed by atoms with E-state index >= 15 is 0 Å². The molecule has 2 aromatic rings. The smallest absolute Gasteiger partial charge is 0.191 e. The first-order valence-electron chi connectivity index (χ1n) is 9.73. The van der Waals surface area contributed by atoms with Crippen molar-refractivity contribution in [3.63, 3.8) is 0 Å². The third kappa shape index (κ3) is 6.36. The van der Waals surface area contributed by atoms with Crippen LogP contribution >= 0.6 is 22.9 Å². The number of benzene rings is 1. The summed E-state index contributed by atoms with van der Waals surface area (Å²) in [4.78, 5) is 14.8. The maximum absolute atomic E-state index is 6.11. The molecule has 0 aliphatic carbocycles. The predicted octanol–water partition coefficient (Wildman–Crippen LogP) is 2.98. The number of guanidine groups is 1. The van der Waals surface area contributed by atoms with Gasteiger partial charge in [-0.25, -0.2) is 4.98 Å². The van der Waals surface area contributed by atoms with Crippen LogP contribution in [0.4, 0.5) is 5.69 Å². The fourth-order valence-corrected chi connectivity index (χ4v) is 4.19. The minimum absolute atomic E-state index is 0.712. The maximum atomic E-state index is 6.11. The van der Waals surface area contributed by atoms with E-state index in [4.69, 9.17) is 11.6 Å². The topological polar surface area (TPSA) is 55.8 Å². The number of rotatable bonds is 7.